The summed E-state index contributed by atoms with van der Waals surface area (Å²) in [5, 5.41) is 2.91. The molecule has 0 saturated heterocycles. The zero-order valence-electron chi connectivity index (χ0n) is 12.6. The third kappa shape index (κ3) is 5.41. The van der Waals surface area contributed by atoms with Crippen LogP contribution >= 0.6 is 0 Å². The number of likely N-dealkylation sites (N-methyl/N-ethyl adjacent to an activating group) is 1. The number of ether oxygens (including phenoxy) is 1. The summed E-state index contributed by atoms with van der Waals surface area (Å²) in [6.07, 6.45) is -3.57. The Hall–Kier alpha value is -1.50. The van der Waals surface area contributed by atoms with Crippen molar-refractivity contribution >= 4 is 11.6 Å². The molecule has 0 fully saturated rings. The molecular formula is C14H22F3N3O. The molecule has 0 aromatic carbocycles. The number of hydrogen-bond acceptors (Lipinski definition) is 4. The molecule has 0 unspecified atom stereocenters. The van der Waals surface area contributed by atoms with E-state index in [9.17, 15) is 13.2 Å². The molecule has 1 N–H and O–H groups in total. The highest BCUT2D eigenvalue weighted by atomic mass is 19.4. The zero-order chi connectivity index (χ0) is 15.9. The fourth-order valence-corrected chi connectivity index (χ4v) is 1.82. The van der Waals surface area contributed by atoms with Gasteiger partial charge in [-0.25, -0.2) is 4.98 Å². The molecule has 0 spiro atoms. The Kier molecular flexibility index (Phi) is 6.74. The van der Waals surface area contributed by atoms with Crippen LogP contribution in [0.5, 0.6) is 0 Å². The van der Waals surface area contributed by atoms with Crippen molar-refractivity contribution in [3.63, 3.8) is 0 Å². The lowest BCUT2D eigenvalue weighted by atomic mass is 10.2. The van der Waals surface area contributed by atoms with Gasteiger partial charge in [0.05, 0.1) is 12.2 Å². The van der Waals surface area contributed by atoms with E-state index in [4.69, 9.17) is 4.74 Å². The summed E-state index contributed by atoms with van der Waals surface area (Å²) in [5.41, 5.74) is -0.693. The van der Waals surface area contributed by atoms with Crippen molar-refractivity contribution < 1.29 is 17.9 Å². The summed E-state index contributed by atoms with van der Waals surface area (Å²) in [5.74, 6) is 0.556. The first-order valence-electron chi connectivity index (χ1n) is 6.99. The van der Waals surface area contributed by atoms with E-state index in [1.807, 2.05) is 13.8 Å². The van der Waals surface area contributed by atoms with E-state index in [0.717, 1.165) is 18.6 Å². The molecule has 1 aromatic heterocycles. The van der Waals surface area contributed by atoms with Crippen LogP contribution in [0.25, 0.3) is 0 Å². The maximum absolute atomic E-state index is 13.0. The quantitative estimate of drug-likeness (QED) is 0.799. The number of nitrogens with zero attached hydrogens (tertiary/aromatic N) is 2. The molecule has 0 amide bonds. The van der Waals surface area contributed by atoms with Gasteiger partial charge in [-0.3, -0.25) is 0 Å². The van der Waals surface area contributed by atoms with Crippen LogP contribution in [0, 0.1) is 0 Å². The molecule has 0 aliphatic carbocycles. The molecule has 0 aliphatic heterocycles. The molecule has 1 heterocycles. The lowest BCUT2D eigenvalue weighted by Gasteiger charge is -2.23. The van der Waals surface area contributed by atoms with Crippen molar-refractivity contribution in [3.8, 4) is 0 Å². The van der Waals surface area contributed by atoms with Crippen molar-refractivity contribution in [1.82, 2.24) is 4.98 Å². The Morgan fingerprint density at radius 2 is 2.00 bits per heavy atom. The van der Waals surface area contributed by atoms with Crippen LogP contribution in [-0.2, 0) is 10.9 Å². The van der Waals surface area contributed by atoms with Crippen molar-refractivity contribution in [2.45, 2.75) is 26.4 Å². The van der Waals surface area contributed by atoms with Gasteiger partial charge < -0.3 is 15.0 Å². The molecule has 0 radical (unpaired) electrons. The van der Waals surface area contributed by atoms with Crippen LogP contribution in [0.1, 0.15) is 25.8 Å². The van der Waals surface area contributed by atoms with E-state index in [2.05, 4.69) is 10.3 Å². The molecule has 7 heteroatoms. The summed E-state index contributed by atoms with van der Waals surface area (Å²) in [6, 6.07) is 2.12. The van der Waals surface area contributed by atoms with E-state index in [-0.39, 0.29) is 5.82 Å². The number of alkyl halides is 3. The number of halogens is 3. The number of nitrogens with one attached hydrogen (secondary N) is 1. The second-order valence-electron chi connectivity index (χ2n) is 4.60. The normalized spacial score (nSPS) is 11.5. The van der Waals surface area contributed by atoms with Gasteiger partial charge in [0.15, 0.2) is 0 Å². The largest absolute Gasteiger partial charge is 0.416 e. The standard InChI is InChI=1S/C14H22F3N3O/c1-4-6-18-12-9-11(14(15,16)17)10-13(19-12)20(5-2)7-8-21-3/h9-10H,4-8H2,1-3H3,(H,18,19). The number of hydrogen-bond donors (Lipinski definition) is 1. The Morgan fingerprint density at radius 1 is 1.29 bits per heavy atom. The van der Waals surface area contributed by atoms with Crippen molar-refractivity contribution in [3.05, 3.63) is 17.7 Å². The smallest absolute Gasteiger partial charge is 0.383 e. The molecule has 4 nitrogen and oxygen atoms in total. The number of pyridine rings is 1. The predicted molar refractivity (Wildman–Crippen MR) is 77.8 cm³/mol. The number of aromatic nitrogens is 1. The average Bonchev–Trinajstić information content (AvgIpc) is 2.45. The third-order valence-electron chi connectivity index (χ3n) is 2.97. The van der Waals surface area contributed by atoms with Gasteiger partial charge in [-0.1, -0.05) is 6.92 Å². The van der Waals surface area contributed by atoms with Crippen molar-refractivity contribution in [1.29, 1.82) is 0 Å². The fourth-order valence-electron chi connectivity index (χ4n) is 1.82. The van der Waals surface area contributed by atoms with E-state index in [1.54, 1.807) is 12.0 Å². The van der Waals surface area contributed by atoms with Crippen LogP contribution in [0.2, 0.25) is 0 Å². The Balaban J connectivity index is 3.10. The monoisotopic (exact) mass is 305 g/mol. The van der Waals surface area contributed by atoms with Crippen molar-refractivity contribution in [2.75, 3.05) is 43.6 Å². The number of anilines is 2. The molecule has 1 rings (SSSR count). The third-order valence-corrected chi connectivity index (χ3v) is 2.97. The van der Waals surface area contributed by atoms with Gasteiger partial charge in [0.25, 0.3) is 0 Å². The minimum Gasteiger partial charge on any atom is -0.383 e. The summed E-state index contributed by atoms with van der Waals surface area (Å²) >= 11 is 0. The van der Waals surface area contributed by atoms with Gasteiger partial charge in [0, 0.05) is 26.7 Å². The van der Waals surface area contributed by atoms with Crippen LogP contribution < -0.4 is 10.2 Å². The van der Waals surface area contributed by atoms with Crippen LogP contribution in [0.3, 0.4) is 0 Å². The lowest BCUT2D eigenvalue weighted by molar-refractivity contribution is -0.137. The lowest BCUT2D eigenvalue weighted by Crippen LogP contribution is -2.28. The Labute approximate surface area is 123 Å². The van der Waals surface area contributed by atoms with Gasteiger partial charge >= 0.3 is 6.18 Å². The van der Waals surface area contributed by atoms with E-state index in [1.165, 1.54) is 0 Å². The maximum Gasteiger partial charge on any atom is 0.416 e. The average molecular weight is 305 g/mol. The summed E-state index contributed by atoms with van der Waals surface area (Å²) in [7, 11) is 1.56. The zero-order valence-corrected chi connectivity index (χ0v) is 12.6. The summed E-state index contributed by atoms with van der Waals surface area (Å²) < 4.78 is 44.0. The van der Waals surface area contributed by atoms with E-state index < -0.39 is 11.7 Å². The second kappa shape index (κ2) is 8.07. The van der Waals surface area contributed by atoms with Crippen LogP contribution in [0.15, 0.2) is 12.1 Å². The molecule has 0 bridgehead atoms. The summed E-state index contributed by atoms with van der Waals surface area (Å²) in [4.78, 5) is 6.03. The highest BCUT2D eigenvalue weighted by Crippen LogP contribution is 2.32. The first kappa shape index (κ1) is 17.6. The highest BCUT2D eigenvalue weighted by Gasteiger charge is 2.32. The predicted octanol–water partition coefficient (Wildman–Crippen LogP) is 3.40. The molecule has 120 valence electrons. The summed E-state index contributed by atoms with van der Waals surface area (Å²) in [6.45, 7) is 5.88. The number of rotatable bonds is 8. The van der Waals surface area contributed by atoms with E-state index in [0.29, 0.717) is 32.1 Å². The first-order valence-corrected chi connectivity index (χ1v) is 6.99. The van der Waals surface area contributed by atoms with Gasteiger partial charge in [-0.15, -0.1) is 0 Å². The molecule has 0 saturated carbocycles. The molecule has 21 heavy (non-hydrogen) atoms. The van der Waals surface area contributed by atoms with Gasteiger partial charge in [0.1, 0.15) is 11.6 Å². The molecule has 1 aromatic rings. The minimum absolute atomic E-state index is 0.248. The van der Waals surface area contributed by atoms with Crippen LogP contribution in [0.4, 0.5) is 24.8 Å². The van der Waals surface area contributed by atoms with Crippen molar-refractivity contribution in [2.24, 2.45) is 0 Å². The molecular weight excluding hydrogens is 283 g/mol. The van der Waals surface area contributed by atoms with Gasteiger partial charge in [-0.05, 0) is 25.5 Å². The van der Waals surface area contributed by atoms with Gasteiger partial charge in [0.2, 0.25) is 0 Å². The Bertz CT molecular complexity index is 438. The minimum atomic E-state index is -4.39. The highest BCUT2D eigenvalue weighted by molar-refractivity contribution is 5.51. The maximum atomic E-state index is 13.0. The number of methoxy groups -OCH3 is 1. The van der Waals surface area contributed by atoms with Gasteiger partial charge in [-0.2, -0.15) is 13.2 Å². The Morgan fingerprint density at radius 3 is 2.52 bits per heavy atom. The first-order chi connectivity index (χ1) is 9.92. The van der Waals surface area contributed by atoms with Crippen LogP contribution in [-0.4, -0.2) is 38.3 Å². The molecule has 0 aliphatic rings. The topological polar surface area (TPSA) is 37.4 Å². The fraction of sp³-hybridized carbons (Fsp3) is 0.643. The SMILES string of the molecule is CCCNc1cc(C(F)(F)F)cc(N(CC)CCOC)n1. The second-order valence-corrected chi connectivity index (χ2v) is 4.60. The molecule has 0 atom stereocenters. The van der Waals surface area contributed by atoms with E-state index >= 15 is 0 Å².